The van der Waals surface area contributed by atoms with E-state index in [-0.39, 0.29) is 0 Å². The molecular weight excluding hydrogens is 166 g/mol. The molecular formula is C10H17NO2. The second kappa shape index (κ2) is 3.66. The maximum Gasteiger partial charge on any atom is 0.225 e. The average Bonchev–Trinajstić information content (AvgIpc) is 2.85. The Morgan fingerprint density at radius 1 is 1.46 bits per heavy atom. The lowest BCUT2D eigenvalue weighted by atomic mass is 10.1. The molecule has 3 heteroatoms. The molecule has 0 aromatic carbocycles. The third-order valence-electron chi connectivity index (χ3n) is 2.86. The Kier molecular flexibility index (Phi) is 2.54. The van der Waals surface area contributed by atoms with Crippen LogP contribution in [0.5, 0.6) is 0 Å². The molecule has 1 atom stereocenters. The third kappa shape index (κ3) is 2.21. The minimum absolute atomic E-state index is 0.340. The van der Waals surface area contributed by atoms with Crippen LogP contribution in [0.4, 0.5) is 0 Å². The summed E-state index contributed by atoms with van der Waals surface area (Å²) in [7, 11) is 1.92. The average molecular weight is 183 g/mol. The van der Waals surface area contributed by atoms with Crippen molar-refractivity contribution in [2.45, 2.75) is 19.3 Å². The second-order valence-corrected chi connectivity index (χ2v) is 4.22. The number of hydrogen-bond acceptors (Lipinski definition) is 2. The molecule has 0 radical (unpaired) electrons. The van der Waals surface area contributed by atoms with Crippen molar-refractivity contribution >= 4 is 5.91 Å². The van der Waals surface area contributed by atoms with Crippen molar-refractivity contribution in [2.24, 2.45) is 11.8 Å². The number of carbonyl (C=O) groups is 1. The largest absolute Gasteiger partial charge is 0.381 e. The van der Waals surface area contributed by atoms with Gasteiger partial charge in [-0.2, -0.15) is 0 Å². The first-order valence-corrected chi connectivity index (χ1v) is 5.10. The van der Waals surface area contributed by atoms with Gasteiger partial charge in [0, 0.05) is 32.0 Å². The van der Waals surface area contributed by atoms with Crippen molar-refractivity contribution in [3.8, 4) is 0 Å². The zero-order valence-electron chi connectivity index (χ0n) is 8.16. The van der Waals surface area contributed by atoms with Crippen molar-refractivity contribution in [3.63, 3.8) is 0 Å². The minimum Gasteiger partial charge on any atom is -0.381 e. The van der Waals surface area contributed by atoms with E-state index in [0.29, 0.717) is 17.7 Å². The van der Waals surface area contributed by atoms with E-state index in [1.165, 1.54) is 0 Å². The highest BCUT2D eigenvalue weighted by Crippen LogP contribution is 2.31. The Labute approximate surface area is 79.0 Å². The molecule has 3 nitrogen and oxygen atoms in total. The van der Waals surface area contributed by atoms with Crippen LogP contribution in [-0.4, -0.2) is 37.6 Å². The van der Waals surface area contributed by atoms with Crippen LogP contribution in [0.2, 0.25) is 0 Å². The van der Waals surface area contributed by atoms with Crippen molar-refractivity contribution in [1.29, 1.82) is 0 Å². The number of nitrogens with zero attached hydrogens (tertiary/aromatic N) is 1. The Bertz CT molecular complexity index is 195. The van der Waals surface area contributed by atoms with E-state index < -0.39 is 0 Å². The van der Waals surface area contributed by atoms with E-state index in [1.54, 1.807) is 0 Å². The van der Waals surface area contributed by atoms with E-state index in [1.807, 2.05) is 11.9 Å². The standard InChI is InChI=1S/C10H17NO2/c1-11(10(12)9-2-3-9)6-8-4-5-13-7-8/h8-9H,2-7H2,1H3. The summed E-state index contributed by atoms with van der Waals surface area (Å²) >= 11 is 0. The predicted octanol–water partition coefficient (Wildman–Crippen LogP) is 0.891. The van der Waals surface area contributed by atoms with Gasteiger partial charge in [0.25, 0.3) is 0 Å². The number of ether oxygens (including phenoxy) is 1. The lowest BCUT2D eigenvalue weighted by Crippen LogP contribution is -2.33. The molecule has 13 heavy (non-hydrogen) atoms. The summed E-state index contributed by atoms with van der Waals surface area (Å²) in [4.78, 5) is 13.5. The van der Waals surface area contributed by atoms with Crippen LogP contribution in [0.25, 0.3) is 0 Å². The first-order chi connectivity index (χ1) is 6.27. The normalized spacial score (nSPS) is 27.6. The topological polar surface area (TPSA) is 29.5 Å². The summed E-state index contributed by atoms with van der Waals surface area (Å²) < 4.78 is 5.28. The second-order valence-electron chi connectivity index (χ2n) is 4.22. The van der Waals surface area contributed by atoms with E-state index in [4.69, 9.17) is 4.74 Å². The molecule has 74 valence electrons. The highest BCUT2D eigenvalue weighted by atomic mass is 16.5. The summed E-state index contributed by atoms with van der Waals surface area (Å²) in [5.74, 6) is 1.27. The van der Waals surface area contributed by atoms with Gasteiger partial charge >= 0.3 is 0 Å². The molecule has 2 fully saturated rings. The van der Waals surface area contributed by atoms with Crippen molar-refractivity contribution in [1.82, 2.24) is 4.90 Å². The molecule has 2 rings (SSSR count). The highest BCUT2D eigenvalue weighted by molar-refractivity contribution is 5.80. The van der Waals surface area contributed by atoms with Gasteiger partial charge in [0.15, 0.2) is 0 Å². The number of amides is 1. The molecule has 2 aliphatic rings. The SMILES string of the molecule is CN(CC1CCOC1)C(=O)C1CC1. The maximum atomic E-state index is 11.6. The van der Waals surface area contributed by atoms with Gasteiger partial charge in [-0.25, -0.2) is 0 Å². The quantitative estimate of drug-likeness (QED) is 0.650. The molecule has 1 aliphatic carbocycles. The van der Waals surface area contributed by atoms with E-state index in [0.717, 1.165) is 39.0 Å². The molecule has 0 spiro atoms. The van der Waals surface area contributed by atoms with Crippen LogP contribution in [0, 0.1) is 11.8 Å². The van der Waals surface area contributed by atoms with Gasteiger partial charge in [0.2, 0.25) is 5.91 Å². The van der Waals surface area contributed by atoms with E-state index in [9.17, 15) is 4.79 Å². The van der Waals surface area contributed by atoms with Crippen molar-refractivity contribution in [2.75, 3.05) is 26.8 Å². The van der Waals surface area contributed by atoms with E-state index in [2.05, 4.69) is 0 Å². The fourth-order valence-corrected chi connectivity index (χ4v) is 1.85. The molecule has 0 aromatic heterocycles. The van der Waals surface area contributed by atoms with E-state index >= 15 is 0 Å². The lowest BCUT2D eigenvalue weighted by Gasteiger charge is -2.20. The Morgan fingerprint density at radius 3 is 2.77 bits per heavy atom. The van der Waals surface area contributed by atoms with Crippen molar-refractivity contribution in [3.05, 3.63) is 0 Å². The maximum absolute atomic E-state index is 11.6. The first kappa shape index (κ1) is 9.00. The summed E-state index contributed by atoms with van der Waals surface area (Å²) in [6.45, 7) is 2.59. The molecule has 1 heterocycles. The predicted molar refractivity (Wildman–Crippen MR) is 49.3 cm³/mol. The van der Waals surface area contributed by atoms with Crippen LogP contribution in [0.15, 0.2) is 0 Å². The van der Waals surface area contributed by atoms with Gasteiger partial charge in [0.05, 0.1) is 6.61 Å². The summed E-state index contributed by atoms with van der Waals surface area (Å²) in [5, 5.41) is 0. The minimum atomic E-state index is 0.340. The molecule has 0 bridgehead atoms. The van der Waals surface area contributed by atoms with Gasteiger partial charge in [-0.1, -0.05) is 0 Å². The van der Waals surface area contributed by atoms with Crippen LogP contribution in [0.1, 0.15) is 19.3 Å². The molecule has 1 saturated carbocycles. The van der Waals surface area contributed by atoms with Crippen molar-refractivity contribution < 1.29 is 9.53 Å². The van der Waals surface area contributed by atoms with Crippen LogP contribution >= 0.6 is 0 Å². The Morgan fingerprint density at radius 2 is 2.23 bits per heavy atom. The Balaban J connectivity index is 1.75. The Hall–Kier alpha value is -0.570. The highest BCUT2D eigenvalue weighted by Gasteiger charge is 2.32. The molecule has 1 aliphatic heterocycles. The molecule has 0 aromatic rings. The van der Waals surface area contributed by atoms with Crippen LogP contribution < -0.4 is 0 Å². The zero-order valence-corrected chi connectivity index (χ0v) is 8.16. The van der Waals surface area contributed by atoms with Crippen LogP contribution in [0.3, 0.4) is 0 Å². The molecule has 0 N–H and O–H groups in total. The van der Waals surface area contributed by atoms with Gasteiger partial charge in [-0.05, 0) is 19.3 Å². The molecule has 1 saturated heterocycles. The third-order valence-corrected chi connectivity index (χ3v) is 2.86. The summed E-state index contributed by atoms with van der Waals surface area (Å²) in [5.41, 5.74) is 0. The molecule has 1 unspecified atom stereocenters. The van der Waals surface area contributed by atoms with Gasteiger partial charge in [0.1, 0.15) is 0 Å². The lowest BCUT2D eigenvalue weighted by molar-refractivity contribution is -0.131. The van der Waals surface area contributed by atoms with Crippen LogP contribution in [-0.2, 0) is 9.53 Å². The molecule has 1 amide bonds. The first-order valence-electron chi connectivity index (χ1n) is 5.10. The fourth-order valence-electron chi connectivity index (χ4n) is 1.85. The smallest absolute Gasteiger partial charge is 0.225 e. The summed E-state index contributed by atoms with van der Waals surface area (Å²) in [6, 6.07) is 0. The number of hydrogen-bond donors (Lipinski definition) is 0. The summed E-state index contributed by atoms with van der Waals surface area (Å²) in [6.07, 6.45) is 3.32. The fraction of sp³-hybridized carbons (Fsp3) is 0.900. The van der Waals surface area contributed by atoms with Gasteiger partial charge in [-0.15, -0.1) is 0 Å². The zero-order chi connectivity index (χ0) is 9.26. The number of carbonyl (C=O) groups excluding carboxylic acids is 1. The van der Waals surface area contributed by atoms with Gasteiger partial charge < -0.3 is 9.64 Å². The monoisotopic (exact) mass is 183 g/mol. The van der Waals surface area contributed by atoms with Gasteiger partial charge in [-0.3, -0.25) is 4.79 Å². The number of rotatable bonds is 3.